The van der Waals surface area contributed by atoms with Crippen LogP contribution in [0.15, 0.2) is 35.8 Å². The Labute approximate surface area is 87.8 Å². The summed E-state index contributed by atoms with van der Waals surface area (Å²) in [5.74, 6) is 0.991. The Balaban J connectivity index is 2.31. The van der Waals surface area contributed by atoms with E-state index in [1.54, 1.807) is 11.3 Å². The lowest BCUT2D eigenvalue weighted by Gasteiger charge is -2.10. The number of aromatic nitrogens is 1. The van der Waals surface area contributed by atoms with E-state index in [2.05, 4.69) is 28.6 Å². The van der Waals surface area contributed by atoms with Crippen molar-refractivity contribution in [1.82, 2.24) is 4.98 Å². The lowest BCUT2D eigenvalue weighted by atomic mass is 10.2. The van der Waals surface area contributed by atoms with Gasteiger partial charge in [-0.2, -0.15) is 0 Å². The van der Waals surface area contributed by atoms with Gasteiger partial charge >= 0.3 is 0 Å². The lowest BCUT2D eigenvalue weighted by molar-refractivity contribution is 1.07. The molecule has 3 heteroatoms. The Hall–Kier alpha value is -1.35. The maximum atomic E-state index is 4.37. The summed E-state index contributed by atoms with van der Waals surface area (Å²) in [6.45, 7) is 0. The van der Waals surface area contributed by atoms with Crippen molar-refractivity contribution in [2.75, 3.05) is 19.0 Å². The molecule has 0 aromatic carbocycles. The third-order valence-electron chi connectivity index (χ3n) is 2.01. The predicted molar refractivity (Wildman–Crippen MR) is 61.9 cm³/mol. The average molecular weight is 204 g/mol. The van der Waals surface area contributed by atoms with Crippen LogP contribution in [0.25, 0.3) is 10.4 Å². The average Bonchev–Trinajstić information content (AvgIpc) is 2.71. The lowest BCUT2D eigenvalue weighted by Crippen LogP contribution is -2.09. The summed E-state index contributed by atoms with van der Waals surface area (Å²) in [6, 6.07) is 8.31. The Morgan fingerprint density at radius 3 is 2.57 bits per heavy atom. The summed E-state index contributed by atoms with van der Waals surface area (Å²) in [5.41, 5.74) is 1.19. The van der Waals surface area contributed by atoms with Gasteiger partial charge in [0.1, 0.15) is 5.82 Å². The molecule has 0 N–H and O–H groups in total. The molecule has 2 nitrogen and oxygen atoms in total. The standard InChI is InChI=1S/C11H12N2S/c1-13(2)11-6-5-9(8-12-11)10-4-3-7-14-10/h3-8H,1-2H3. The van der Waals surface area contributed by atoms with Gasteiger partial charge in [0.25, 0.3) is 0 Å². The fourth-order valence-corrected chi connectivity index (χ4v) is 1.96. The van der Waals surface area contributed by atoms with Crippen LogP contribution in [-0.2, 0) is 0 Å². The molecule has 0 atom stereocenters. The van der Waals surface area contributed by atoms with Crippen molar-refractivity contribution < 1.29 is 0 Å². The van der Waals surface area contributed by atoms with E-state index in [0.717, 1.165) is 5.82 Å². The molecule has 2 rings (SSSR count). The molecule has 0 aliphatic heterocycles. The Bertz CT molecular complexity index is 390. The predicted octanol–water partition coefficient (Wildman–Crippen LogP) is 2.88. The Morgan fingerprint density at radius 2 is 2.07 bits per heavy atom. The quantitative estimate of drug-likeness (QED) is 0.747. The molecule has 0 fully saturated rings. The summed E-state index contributed by atoms with van der Waals surface area (Å²) in [6.07, 6.45) is 1.92. The topological polar surface area (TPSA) is 16.1 Å². The summed E-state index contributed by atoms with van der Waals surface area (Å²) in [4.78, 5) is 7.63. The number of anilines is 1. The molecular weight excluding hydrogens is 192 g/mol. The van der Waals surface area contributed by atoms with Gasteiger partial charge in [-0.25, -0.2) is 4.98 Å². The van der Waals surface area contributed by atoms with Crippen LogP contribution in [0.2, 0.25) is 0 Å². The zero-order chi connectivity index (χ0) is 9.97. The second kappa shape index (κ2) is 3.80. The third kappa shape index (κ3) is 1.77. The smallest absolute Gasteiger partial charge is 0.127 e. The van der Waals surface area contributed by atoms with Crippen LogP contribution in [0, 0.1) is 0 Å². The summed E-state index contributed by atoms with van der Waals surface area (Å²) in [7, 11) is 3.99. The largest absolute Gasteiger partial charge is 0.363 e. The SMILES string of the molecule is CN(C)c1ccc(-c2cccs2)cn1. The van der Waals surface area contributed by atoms with Crippen molar-refractivity contribution in [2.24, 2.45) is 0 Å². The molecule has 0 unspecified atom stereocenters. The van der Waals surface area contributed by atoms with Crippen LogP contribution in [0.1, 0.15) is 0 Å². The molecule has 0 aliphatic carbocycles. The van der Waals surface area contributed by atoms with Crippen molar-refractivity contribution in [3.63, 3.8) is 0 Å². The number of pyridine rings is 1. The van der Waals surface area contributed by atoms with Gasteiger partial charge in [0.2, 0.25) is 0 Å². The fraction of sp³-hybridized carbons (Fsp3) is 0.182. The molecule has 2 heterocycles. The van der Waals surface area contributed by atoms with Gasteiger partial charge in [-0.05, 0) is 23.6 Å². The highest BCUT2D eigenvalue weighted by Crippen LogP contribution is 2.24. The molecule has 0 aliphatic rings. The Morgan fingerprint density at radius 1 is 1.21 bits per heavy atom. The maximum Gasteiger partial charge on any atom is 0.127 e. The third-order valence-corrected chi connectivity index (χ3v) is 2.93. The van der Waals surface area contributed by atoms with E-state index < -0.39 is 0 Å². The molecule has 0 spiro atoms. The van der Waals surface area contributed by atoms with Crippen LogP contribution in [0.3, 0.4) is 0 Å². The number of hydrogen-bond acceptors (Lipinski definition) is 3. The molecule has 0 bridgehead atoms. The van der Waals surface area contributed by atoms with Crippen molar-refractivity contribution in [3.8, 4) is 10.4 Å². The highest BCUT2D eigenvalue weighted by Gasteiger charge is 2.00. The molecule has 2 aromatic rings. The molecular formula is C11H12N2S. The van der Waals surface area contributed by atoms with E-state index in [1.807, 2.05) is 31.3 Å². The molecule has 0 radical (unpaired) electrons. The van der Waals surface area contributed by atoms with E-state index in [1.165, 1.54) is 10.4 Å². The van der Waals surface area contributed by atoms with Crippen LogP contribution in [0.4, 0.5) is 5.82 Å². The van der Waals surface area contributed by atoms with E-state index in [4.69, 9.17) is 0 Å². The normalized spacial score (nSPS) is 10.1. The van der Waals surface area contributed by atoms with Crippen LogP contribution in [0.5, 0.6) is 0 Å². The molecule has 0 saturated carbocycles. The second-order valence-corrected chi connectivity index (χ2v) is 4.22. The van der Waals surface area contributed by atoms with E-state index in [-0.39, 0.29) is 0 Å². The minimum Gasteiger partial charge on any atom is -0.363 e. The van der Waals surface area contributed by atoms with Gasteiger partial charge in [-0.1, -0.05) is 6.07 Å². The van der Waals surface area contributed by atoms with Crippen molar-refractivity contribution in [3.05, 3.63) is 35.8 Å². The van der Waals surface area contributed by atoms with E-state index >= 15 is 0 Å². The van der Waals surface area contributed by atoms with Gasteiger partial charge < -0.3 is 4.90 Å². The minimum atomic E-state index is 0.991. The van der Waals surface area contributed by atoms with Crippen molar-refractivity contribution in [1.29, 1.82) is 0 Å². The molecule has 0 saturated heterocycles. The molecule has 72 valence electrons. The van der Waals surface area contributed by atoms with E-state index in [0.29, 0.717) is 0 Å². The number of rotatable bonds is 2. The number of thiophene rings is 1. The first-order chi connectivity index (χ1) is 6.77. The first-order valence-corrected chi connectivity index (χ1v) is 5.32. The summed E-state index contributed by atoms with van der Waals surface area (Å²) < 4.78 is 0. The first kappa shape index (κ1) is 9.21. The zero-order valence-corrected chi connectivity index (χ0v) is 9.08. The van der Waals surface area contributed by atoms with Gasteiger partial charge in [-0.15, -0.1) is 11.3 Å². The second-order valence-electron chi connectivity index (χ2n) is 3.28. The zero-order valence-electron chi connectivity index (χ0n) is 8.27. The van der Waals surface area contributed by atoms with Crippen molar-refractivity contribution in [2.45, 2.75) is 0 Å². The van der Waals surface area contributed by atoms with Crippen LogP contribution < -0.4 is 4.90 Å². The summed E-state index contributed by atoms with van der Waals surface area (Å²) >= 11 is 1.74. The Kier molecular flexibility index (Phi) is 2.50. The maximum absolute atomic E-state index is 4.37. The van der Waals surface area contributed by atoms with Gasteiger partial charge in [-0.3, -0.25) is 0 Å². The van der Waals surface area contributed by atoms with Crippen molar-refractivity contribution >= 4 is 17.2 Å². The number of hydrogen-bond donors (Lipinski definition) is 0. The minimum absolute atomic E-state index is 0.991. The van der Waals surface area contributed by atoms with Gasteiger partial charge in [0.15, 0.2) is 0 Å². The van der Waals surface area contributed by atoms with Gasteiger partial charge in [0, 0.05) is 30.7 Å². The van der Waals surface area contributed by atoms with Crippen LogP contribution >= 0.6 is 11.3 Å². The highest BCUT2D eigenvalue weighted by atomic mass is 32.1. The fourth-order valence-electron chi connectivity index (χ4n) is 1.24. The monoisotopic (exact) mass is 204 g/mol. The number of nitrogens with zero attached hydrogens (tertiary/aromatic N) is 2. The molecule has 2 aromatic heterocycles. The first-order valence-electron chi connectivity index (χ1n) is 4.44. The van der Waals surface area contributed by atoms with E-state index in [9.17, 15) is 0 Å². The molecule has 0 amide bonds. The molecule has 14 heavy (non-hydrogen) atoms. The highest BCUT2D eigenvalue weighted by molar-refractivity contribution is 7.13. The summed E-state index contributed by atoms with van der Waals surface area (Å²) in [5, 5.41) is 2.08. The van der Waals surface area contributed by atoms with Crippen LogP contribution in [-0.4, -0.2) is 19.1 Å². The van der Waals surface area contributed by atoms with Gasteiger partial charge in [0.05, 0.1) is 0 Å².